The molecule has 1 N–H and O–H groups in total. The first-order valence-electron chi connectivity index (χ1n) is 8.58. The Labute approximate surface area is 147 Å². The molecule has 1 aliphatic heterocycles. The van der Waals surface area contributed by atoms with E-state index in [9.17, 15) is 9.59 Å². The minimum Gasteiger partial charge on any atom is -0.335 e. The number of nitrogens with one attached hydrogen (secondary N) is 1. The van der Waals surface area contributed by atoms with Crippen molar-refractivity contribution in [3.05, 3.63) is 41.7 Å². The quantitative estimate of drug-likeness (QED) is 0.870. The SMILES string of the molecule is CCc1ccccc1CN1C(=O)CCC1CC(=O)Nc1ncnn1C. The summed E-state index contributed by atoms with van der Waals surface area (Å²) in [5.41, 5.74) is 2.39. The number of carbonyl (C=O) groups excluding carboxylic acids is 2. The highest BCUT2D eigenvalue weighted by molar-refractivity contribution is 5.90. The molecule has 0 aliphatic carbocycles. The van der Waals surface area contributed by atoms with Crippen molar-refractivity contribution in [2.45, 2.75) is 45.2 Å². The van der Waals surface area contributed by atoms with Gasteiger partial charge in [0.25, 0.3) is 0 Å². The smallest absolute Gasteiger partial charge is 0.228 e. The van der Waals surface area contributed by atoms with Crippen LogP contribution in [0.4, 0.5) is 5.95 Å². The minimum absolute atomic E-state index is 0.0781. The van der Waals surface area contributed by atoms with Crippen LogP contribution < -0.4 is 5.32 Å². The molecule has 3 rings (SSSR count). The van der Waals surface area contributed by atoms with Crippen LogP contribution in [0.5, 0.6) is 0 Å². The molecule has 2 aromatic rings. The molecule has 25 heavy (non-hydrogen) atoms. The zero-order valence-electron chi connectivity index (χ0n) is 14.6. The first-order chi connectivity index (χ1) is 12.1. The van der Waals surface area contributed by atoms with Gasteiger partial charge in [-0.25, -0.2) is 4.68 Å². The van der Waals surface area contributed by atoms with Crippen molar-refractivity contribution in [2.24, 2.45) is 7.05 Å². The summed E-state index contributed by atoms with van der Waals surface area (Å²) in [6.07, 6.45) is 3.79. The fraction of sp³-hybridized carbons (Fsp3) is 0.444. The van der Waals surface area contributed by atoms with Crippen LogP contribution in [0.15, 0.2) is 30.6 Å². The first kappa shape index (κ1) is 17.1. The van der Waals surface area contributed by atoms with Gasteiger partial charge in [0.1, 0.15) is 6.33 Å². The van der Waals surface area contributed by atoms with Gasteiger partial charge in [0.2, 0.25) is 17.8 Å². The molecule has 0 bridgehead atoms. The molecule has 1 atom stereocenters. The van der Waals surface area contributed by atoms with Gasteiger partial charge in [-0.2, -0.15) is 10.1 Å². The third-order valence-corrected chi connectivity index (χ3v) is 4.68. The van der Waals surface area contributed by atoms with Gasteiger partial charge in [-0.05, 0) is 24.0 Å². The summed E-state index contributed by atoms with van der Waals surface area (Å²) in [7, 11) is 1.72. The van der Waals surface area contributed by atoms with Crippen molar-refractivity contribution in [1.29, 1.82) is 0 Å². The van der Waals surface area contributed by atoms with Gasteiger partial charge in [0.05, 0.1) is 0 Å². The summed E-state index contributed by atoms with van der Waals surface area (Å²) in [5, 5.41) is 6.68. The van der Waals surface area contributed by atoms with Crippen LogP contribution in [0.25, 0.3) is 0 Å². The maximum absolute atomic E-state index is 12.3. The summed E-state index contributed by atoms with van der Waals surface area (Å²) in [4.78, 5) is 30.5. The van der Waals surface area contributed by atoms with Crippen LogP contribution >= 0.6 is 0 Å². The van der Waals surface area contributed by atoms with Gasteiger partial charge in [0.15, 0.2) is 0 Å². The first-order valence-corrected chi connectivity index (χ1v) is 8.58. The molecule has 7 nitrogen and oxygen atoms in total. The number of hydrogen-bond donors (Lipinski definition) is 1. The molecule has 1 aromatic heterocycles. The number of likely N-dealkylation sites (tertiary alicyclic amines) is 1. The van der Waals surface area contributed by atoms with E-state index in [1.54, 1.807) is 7.05 Å². The van der Waals surface area contributed by atoms with Crippen molar-refractivity contribution in [1.82, 2.24) is 19.7 Å². The second kappa shape index (κ2) is 7.46. The number of benzene rings is 1. The number of anilines is 1. The molecule has 132 valence electrons. The molecule has 1 unspecified atom stereocenters. The molecule has 1 aliphatic rings. The molecular formula is C18H23N5O2. The Morgan fingerprint density at radius 1 is 1.32 bits per heavy atom. The Balaban J connectivity index is 1.67. The van der Waals surface area contributed by atoms with E-state index in [0.29, 0.717) is 25.3 Å². The second-order valence-electron chi connectivity index (χ2n) is 6.30. The molecular weight excluding hydrogens is 318 g/mol. The number of carbonyl (C=O) groups is 2. The van der Waals surface area contributed by atoms with E-state index < -0.39 is 0 Å². The minimum atomic E-state index is -0.149. The van der Waals surface area contributed by atoms with Crippen LogP contribution in [0.3, 0.4) is 0 Å². The Kier molecular flexibility index (Phi) is 5.11. The fourth-order valence-electron chi connectivity index (χ4n) is 3.26. The number of aromatic nitrogens is 3. The molecule has 0 saturated carbocycles. The van der Waals surface area contributed by atoms with Gasteiger partial charge in [-0.3, -0.25) is 14.9 Å². The number of rotatable bonds is 6. The zero-order chi connectivity index (χ0) is 17.8. The summed E-state index contributed by atoms with van der Waals surface area (Å²) in [5.74, 6) is 0.379. The highest BCUT2D eigenvalue weighted by Crippen LogP contribution is 2.25. The Morgan fingerprint density at radius 3 is 2.76 bits per heavy atom. The van der Waals surface area contributed by atoms with E-state index in [4.69, 9.17) is 0 Å². The maximum atomic E-state index is 12.3. The summed E-state index contributed by atoms with van der Waals surface area (Å²) >= 11 is 0. The van der Waals surface area contributed by atoms with E-state index in [1.807, 2.05) is 17.0 Å². The molecule has 0 spiro atoms. The Bertz CT molecular complexity index is 770. The topological polar surface area (TPSA) is 80.1 Å². The maximum Gasteiger partial charge on any atom is 0.228 e. The van der Waals surface area contributed by atoms with Crippen LogP contribution in [0.2, 0.25) is 0 Å². The lowest BCUT2D eigenvalue weighted by molar-refractivity contribution is -0.130. The van der Waals surface area contributed by atoms with Gasteiger partial charge in [-0.15, -0.1) is 0 Å². The standard InChI is InChI=1S/C18H23N5O2/c1-3-13-6-4-5-7-14(13)11-23-15(8-9-17(23)25)10-16(24)21-18-19-12-20-22(18)2/h4-7,12,15H,3,8-11H2,1-2H3,(H,19,20,21,24). The lowest BCUT2D eigenvalue weighted by Gasteiger charge is -2.25. The molecule has 7 heteroatoms. The van der Waals surface area contributed by atoms with Gasteiger partial charge >= 0.3 is 0 Å². The number of aryl methyl sites for hydroxylation is 2. The van der Waals surface area contributed by atoms with Crippen molar-refractivity contribution in [2.75, 3.05) is 5.32 Å². The molecule has 1 fully saturated rings. The van der Waals surface area contributed by atoms with Crippen molar-refractivity contribution in [3.63, 3.8) is 0 Å². The Morgan fingerprint density at radius 2 is 2.08 bits per heavy atom. The van der Waals surface area contributed by atoms with Gasteiger partial charge < -0.3 is 4.90 Å². The molecule has 2 amide bonds. The largest absolute Gasteiger partial charge is 0.335 e. The summed E-state index contributed by atoms with van der Waals surface area (Å²) in [6.45, 7) is 2.67. The normalized spacial score (nSPS) is 17.1. The van der Waals surface area contributed by atoms with Crippen molar-refractivity contribution >= 4 is 17.8 Å². The summed E-state index contributed by atoms with van der Waals surface area (Å²) < 4.78 is 1.51. The molecule has 2 heterocycles. The van der Waals surface area contributed by atoms with Gasteiger partial charge in [0, 0.05) is 32.5 Å². The number of nitrogens with zero attached hydrogens (tertiary/aromatic N) is 4. The van der Waals surface area contributed by atoms with E-state index >= 15 is 0 Å². The molecule has 1 saturated heterocycles. The van der Waals surface area contributed by atoms with E-state index in [-0.39, 0.29) is 24.3 Å². The third kappa shape index (κ3) is 3.87. The lowest BCUT2D eigenvalue weighted by atomic mass is 10.0. The van der Waals surface area contributed by atoms with Crippen LogP contribution in [-0.4, -0.2) is 37.5 Å². The summed E-state index contributed by atoms with van der Waals surface area (Å²) in [6, 6.07) is 8.07. The van der Waals surface area contributed by atoms with E-state index in [1.165, 1.54) is 16.6 Å². The fourth-order valence-corrected chi connectivity index (χ4v) is 3.26. The molecule has 0 radical (unpaired) electrons. The second-order valence-corrected chi connectivity index (χ2v) is 6.30. The highest BCUT2D eigenvalue weighted by Gasteiger charge is 2.32. The number of hydrogen-bond acceptors (Lipinski definition) is 4. The lowest BCUT2D eigenvalue weighted by Crippen LogP contribution is -2.35. The van der Waals surface area contributed by atoms with Crippen LogP contribution in [0, 0.1) is 0 Å². The number of amides is 2. The predicted molar refractivity (Wildman–Crippen MR) is 93.6 cm³/mol. The predicted octanol–water partition coefficient (Wildman–Crippen LogP) is 1.90. The van der Waals surface area contributed by atoms with Gasteiger partial charge in [-0.1, -0.05) is 31.2 Å². The van der Waals surface area contributed by atoms with E-state index in [2.05, 4.69) is 34.5 Å². The highest BCUT2D eigenvalue weighted by atomic mass is 16.2. The van der Waals surface area contributed by atoms with Crippen molar-refractivity contribution in [3.8, 4) is 0 Å². The molecule has 1 aromatic carbocycles. The average molecular weight is 341 g/mol. The van der Waals surface area contributed by atoms with E-state index in [0.717, 1.165) is 12.0 Å². The zero-order valence-corrected chi connectivity index (χ0v) is 14.6. The van der Waals surface area contributed by atoms with Crippen LogP contribution in [0.1, 0.15) is 37.3 Å². The van der Waals surface area contributed by atoms with Crippen LogP contribution in [-0.2, 0) is 29.6 Å². The van der Waals surface area contributed by atoms with Crippen molar-refractivity contribution < 1.29 is 9.59 Å². The average Bonchev–Trinajstić information content (AvgIpc) is 3.15. The Hall–Kier alpha value is -2.70. The monoisotopic (exact) mass is 341 g/mol. The third-order valence-electron chi connectivity index (χ3n) is 4.68.